The molecule has 2 aromatic rings. The van der Waals surface area contributed by atoms with Gasteiger partial charge in [0, 0.05) is 0 Å². The normalized spacial score (nSPS) is 17.9. The summed E-state index contributed by atoms with van der Waals surface area (Å²) in [7, 11) is 0. The topological polar surface area (TPSA) is 44.8 Å². The third kappa shape index (κ3) is 10.8. The lowest BCUT2D eigenvalue weighted by molar-refractivity contribution is -0.157. The van der Waals surface area contributed by atoms with Gasteiger partial charge in [0.25, 0.3) is 0 Å². The van der Waals surface area contributed by atoms with Crippen LogP contribution in [0.4, 0.5) is 8.78 Å². The summed E-state index contributed by atoms with van der Waals surface area (Å²) in [5.41, 5.74) is 1.71. The van der Waals surface area contributed by atoms with E-state index >= 15 is 0 Å². The molecule has 216 valence electrons. The Bertz CT molecular complexity index is 970. The maximum absolute atomic E-state index is 14.6. The molecule has 0 aliphatic heterocycles. The number of halogens is 2. The first kappa shape index (κ1) is 30.9. The summed E-state index contributed by atoms with van der Waals surface area (Å²) in [6.45, 7) is 5.30. The van der Waals surface area contributed by atoms with E-state index in [9.17, 15) is 13.6 Å². The SMILES string of the molecule is CCCCCCCCOc1ccc(-c2ccc(OC[C@H]3CC[C@H](OC(=O)[C@@H](F)CCCC)CC3)cc2)cc1F. The number of hydrogen-bond acceptors (Lipinski definition) is 4. The second-order valence-electron chi connectivity index (χ2n) is 10.8. The van der Waals surface area contributed by atoms with Crippen LogP contribution in [0, 0.1) is 11.7 Å². The van der Waals surface area contributed by atoms with Gasteiger partial charge in [0.1, 0.15) is 11.9 Å². The number of esters is 1. The van der Waals surface area contributed by atoms with E-state index in [-0.39, 0.29) is 18.3 Å². The molecule has 39 heavy (non-hydrogen) atoms. The first-order valence-corrected chi connectivity index (χ1v) is 15.0. The van der Waals surface area contributed by atoms with Gasteiger partial charge in [0.2, 0.25) is 0 Å². The Balaban J connectivity index is 1.37. The van der Waals surface area contributed by atoms with Crippen LogP contribution in [0.5, 0.6) is 11.5 Å². The van der Waals surface area contributed by atoms with Gasteiger partial charge < -0.3 is 14.2 Å². The van der Waals surface area contributed by atoms with Crippen molar-refractivity contribution in [3.63, 3.8) is 0 Å². The number of hydrogen-bond donors (Lipinski definition) is 0. The summed E-state index contributed by atoms with van der Waals surface area (Å²) in [4.78, 5) is 11.9. The van der Waals surface area contributed by atoms with Crippen molar-refractivity contribution in [2.45, 2.75) is 110 Å². The molecule has 0 amide bonds. The van der Waals surface area contributed by atoms with Crippen molar-refractivity contribution in [2.24, 2.45) is 5.92 Å². The largest absolute Gasteiger partial charge is 0.493 e. The Kier molecular flexibility index (Phi) is 13.6. The van der Waals surface area contributed by atoms with Crippen LogP contribution in [-0.4, -0.2) is 31.5 Å². The molecule has 1 aliphatic carbocycles. The molecule has 4 nitrogen and oxygen atoms in total. The summed E-state index contributed by atoms with van der Waals surface area (Å²) in [5, 5.41) is 0. The number of unbranched alkanes of at least 4 members (excludes halogenated alkanes) is 6. The molecule has 1 aliphatic rings. The highest BCUT2D eigenvalue weighted by atomic mass is 19.1. The molecule has 1 atom stereocenters. The van der Waals surface area contributed by atoms with Gasteiger partial charge in [-0.15, -0.1) is 0 Å². The molecule has 0 N–H and O–H groups in total. The fourth-order valence-corrected chi connectivity index (χ4v) is 4.98. The van der Waals surface area contributed by atoms with E-state index in [0.29, 0.717) is 31.3 Å². The fraction of sp³-hybridized carbons (Fsp3) is 0.606. The minimum absolute atomic E-state index is 0.194. The maximum atomic E-state index is 14.6. The van der Waals surface area contributed by atoms with Crippen molar-refractivity contribution >= 4 is 5.97 Å². The lowest BCUT2D eigenvalue weighted by Crippen LogP contribution is -2.30. The van der Waals surface area contributed by atoms with E-state index in [4.69, 9.17) is 14.2 Å². The Hall–Kier alpha value is -2.63. The molecule has 1 saturated carbocycles. The lowest BCUT2D eigenvalue weighted by atomic mass is 9.88. The predicted octanol–water partition coefficient (Wildman–Crippen LogP) is 9.24. The van der Waals surface area contributed by atoms with Crippen LogP contribution in [0.15, 0.2) is 42.5 Å². The highest BCUT2D eigenvalue weighted by molar-refractivity contribution is 5.74. The molecule has 0 unspecified atom stereocenters. The molecule has 0 saturated heterocycles. The Morgan fingerprint density at radius 3 is 2.21 bits per heavy atom. The first-order valence-electron chi connectivity index (χ1n) is 15.0. The maximum Gasteiger partial charge on any atom is 0.340 e. The van der Waals surface area contributed by atoms with Crippen LogP contribution in [0.25, 0.3) is 11.1 Å². The smallest absolute Gasteiger partial charge is 0.340 e. The van der Waals surface area contributed by atoms with Gasteiger partial charge in [-0.25, -0.2) is 13.6 Å². The summed E-state index contributed by atoms with van der Waals surface area (Å²) in [6, 6.07) is 12.8. The molecule has 0 aromatic heterocycles. The minimum Gasteiger partial charge on any atom is -0.493 e. The Morgan fingerprint density at radius 1 is 0.846 bits per heavy atom. The molecular weight excluding hydrogens is 498 g/mol. The number of benzene rings is 2. The number of carbonyl (C=O) groups is 1. The summed E-state index contributed by atoms with van der Waals surface area (Å²) in [6.07, 6.45) is 10.4. The monoisotopic (exact) mass is 544 g/mol. The van der Waals surface area contributed by atoms with Gasteiger partial charge >= 0.3 is 5.97 Å². The van der Waals surface area contributed by atoms with E-state index in [1.54, 1.807) is 6.07 Å². The molecule has 0 radical (unpaired) electrons. The quantitative estimate of drug-likeness (QED) is 0.147. The highest BCUT2D eigenvalue weighted by Gasteiger charge is 2.27. The molecule has 1 fully saturated rings. The van der Waals surface area contributed by atoms with Gasteiger partial charge in [-0.1, -0.05) is 77.0 Å². The molecule has 2 aromatic carbocycles. The molecule has 0 spiro atoms. The van der Waals surface area contributed by atoms with E-state index in [2.05, 4.69) is 6.92 Å². The van der Waals surface area contributed by atoms with Crippen molar-refractivity contribution < 1.29 is 27.8 Å². The first-order chi connectivity index (χ1) is 19.0. The fourth-order valence-electron chi connectivity index (χ4n) is 4.98. The van der Waals surface area contributed by atoms with Gasteiger partial charge in [-0.2, -0.15) is 0 Å². The van der Waals surface area contributed by atoms with Gasteiger partial charge in [-0.05, 0) is 79.8 Å². The van der Waals surface area contributed by atoms with E-state index in [1.807, 2.05) is 37.3 Å². The lowest BCUT2D eigenvalue weighted by Gasteiger charge is -2.28. The van der Waals surface area contributed by atoms with Crippen molar-refractivity contribution in [1.29, 1.82) is 0 Å². The van der Waals surface area contributed by atoms with Gasteiger partial charge in [0.15, 0.2) is 17.7 Å². The van der Waals surface area contributed by atoms with Crippen LogP contribution in [0.3, 0.4) is 0 Å². The van der Waals surface area contributed by atoms with E-state index in [0.717, 1.165) is 61.8 Å². The number of rotatable bonds is 17. The second-order valence-corrected chi connectivity index (χ2v) is 10.8. The summed E-state index contributed by atoms with van der Waals surface area (Å²) < 4.78 is 45.5. The standard InChI is InChI=1S/C33H46F2O4/c1-3-5-7-8-9-10-22-37-32-21-16-27(23-31(32)35)26-14-19-28(20-15-26)38-24-25-12-17-29(18-13-25)39-33(36)30(34)11-6-4-2/h14-16,19-21,23,25,29-30H,3-13,17-18,22,24H2,1-2H3/t25-,29-,30-/m0/s1. The average Bonchev–Trinajstić information content (AvgIpc) is 2.96. The highest BCUT2D eigenvalue weighted by Crippen LogP contribution is 2.30. The average molecular weight is 545 g/mol. The van der Waals surface area contributed by atoms with Crippen LogP contribution < -0.4 is 9.47 Å². The van der Waals surface area contributed by atoms with Crippen molar-refractivity contribution in [3.05, 3.63) is 48.3 Å². The molecule has 6 heteroatoms. The minimum atomic E-state index is -1.51. The van der Waals surface area contributed by atoms with E-state index < -0.39 is 12.1 Å². The second kappa shape index (κ2) is 17.1. The molecule has 0 bridgehead atoms. The zero-order chi connectivity index (χ0) is 27.9. The zero-order valence-electron chi connectivity index (χ0n) is 23.8. The summed E-state index contributed by atoms with van der Waals surface area (Å²) >= 11 is 0. The zero-order valence-corrected chi connectivity index (χ0v) is 23.8. The van der Waals surface area contributed by atoms with Crippen LogP contribution in [-0.2, 0) is 9.53 Å². The number of carbonyl (C=O) groups excluding carboxylic acids is 1. The molecule has 0 heterocycles. The third-order valence-corrected chi connectivity index (χ3v) is 7.50. The predicted molar refractivity (Wildman–Crippen MR) is 152 cm³/mol. The Labute approximate surface area is 233 Å². The van der Waals surface area contributed by atoms with Crippen LogP contribution in [0.1, 0.15) is 97.3 Å². The molecule has 3 rings (SSSR count). The van der Waals surface area contributed by atoms with Gasteiger partial charge in [0.05, 0.1) is 13.2 Å². The van der Waals surface area contributed by atoms with Crippen LogP contribution in [0.2, 0.25) is 0 Å². The Morgan fingerprint density at radius 2 is 1.51 bits per heavy atom. The van der Waals surface area contributed by atoms with E-state index in [1.165, 1.54) is 31.7 Å². The number of alkyl halides is 1. The molecular formula is C33H46F2O4. The number of ether oxygens (including phenoxy) is 3. The van der Waals surface area contributed by atoms with Crippen molar-refractivity contribution in [2.75, 3.05) is 13.2 Å². The van der Waals surface area contributed by atoms with Crippen molar-refractivity contribution in [3.8, 4) is 22.6 Å². The van der Waals surface area contributed by atoms with Crippen molar-refractivity contribution in [1.82, 2.24) is 0 Å². The summed E-state index contributed by atoms with van der Waals surface area (Å²) in [5.74, 6) is 0.390. The van der Waals surface area contributed by atoms with Crippen LogP contribution >= 0.6 is 0 Å². The van der Waals surface area contributed by atoms with Gasteiger partial charge in [-0.3, -0.25) is 0 Å². The third-order valence-electron chi connectivity index (χ3n) is 7.50.